The Balaban J connectivity index is 2.12. The molecule has 1 aliphatic rings. The highest BCUT2D eigenvalue weighted by Crippen LogP contribution is 2.43. The Kier molecular flexibility index (Phi) is 1.88. The Hall–Kier alpha value is -1.57. The van der Waals surface area contributed by atoms with Crippen molar-refractivity contribution < 1.29 is 0 Å². The van der Waals surface area contributed by atoms with Gasteiger partial charge in [-0.15, -0.1) is 0 Å². The first kappa shape index (κ1) is 8.72. The summed E-state index contributed by atoms with van der Waals surface area (Å²) < 4.78 is 2.17. The Bertz CT molecular complexity index is 467. The molecule has 0 N–H and O–H groups in total. The van der Waals surface area contributed by atoms with E-state index in [-0.39, 0.29) is 0 Å². The monoisotopic (exact) mass is 198 g/mol. The van der Waals surface area contributed by atoms with Crippen LogP contribution in [0.5, 0.6) is 0 Å². The van der Waals surface area contributed by atoms with E-state index in [0.29, 0.717) is 0 Å². The molecule has 0 atom stereocenters. The van der Waals surface area contributed by atoms with Crippen LogP contribution in [0.2, 0.25) is 0 Å². The molecular weight excluding hydrogens is 184 g/mol. The predicted molar refractivity (Wildman–Crippen MR) is 60.6 cm³/mol. The number of hydrogen-bond acceptors (Lipinski definition) is 1. The molecule has 2 heteroatoms. The Morgan fingerprint density at radius 1 is 1.20 bits per heavy atom. The molecule has 15 heavy (non-hydrogen) atoms. The summed E-state index contributed by atoms with van der Waals surface area (Å²) in [4.78, 5) is 4.51. The molecular formula is C13H14N2. The van der Waals surface area contributed by atoms with Crippen LogP contribution >= 0.6 is 0 Å². The lowest BCUT2D eigenvalue weighted by Crippen LogP contribution is -1.94. The van der Waals surface area contributed by atoms with Gasteiger partial charge in [-0.05, 0) is 12.8 Å². The van der Waals surface area contributed by atoms with Crippen molar-refractivity contribution in [1.82, 2.24) is 9.55 Å². The second-order valence-electron chi connectivity index (χ2n) is 4.23. The normalized spacial score (nSPS) is 15.5. The van der Waals surface area contributed by atoms with Gasteiger partial charge in [0.25, 0.3) is 0 Å². The first-order valence-electron chi connectivity index (χ1n) is 5.43. The van der Waals surface area contributed by atoms with Crippen LogP contribution in [0.3, 0.4) is 0 Å². The number of rotatable bonds is 2. The second kappa shape index (κ2) is 3.23. The fourth-order valence-corrected chi connectivity index (χ4v) is 2.10. The van der Waals surface area contributed by atoms with E-state index in [0.717, 1.165) is 5.92 Å². The molecule has 0 radical (unpaired) electrons. The highest BCUT2D eigenvalue weighted by atomic mass is 15.0. The summed E-state index contributed by atoms with van der Waals surface area (Å²) in [7, 11) is 2.09. The fraction of sp³-hybridized carbons (Fsp3) is 0.308. The summed E-state index contributed by atoms with van der Waals surface area (Å²) >= 11 is 0. The molecule has 1 aromatic carbocycles. The van der Waals surface area contributed by atoms with Crippen molar-refractivity contribution in [3.8, 4) is 11.3 Å². The van der Waals surface area contributed by atoms with Gasteiger partial charge in [-0.25, -0.2) is 4.98 Å². The van der Waals surface area contributed by atoms with Gasteiger partial charge in [-0.1, -0.05) is 30.3 Å². The van der Waals surface area contributed by atoms with Gasteiger partial charge in [-0.3, -0.25) is 0 Å². The summed E-state index contributed by atoms with van der Waals surface area (Å²) in [5, 5.41) is 0. The van der Waals surface area contributed by atoms with Crippen LogP contribution in [0.15, 0.2) is 36.7 Å². The Morgan fingerprint density at radius 2 is 1.93 bits per heavy atom. The molecule has 0 unspecified atom stereocenters. The van der Waals surface area contributed by atoms with Crippen LogP contribution in [0.1, 0.15) is 24.5 Å². The largest absolute Gasteiger partial charge is 0.337 e. The molecule has 1 aromatic heterocycles. The number of nitrogens with zero attached hydrogens (tertiary/aromatic N) is 2. The maximum Gasteiger partial charge on any atom is 0.0953 e. The van der Waals surface area contributed by atoms with Crippen molar-refractivity contribution in [3.05, 3.63) is 42.4 Å². The van der Waals surface area contributed by atoms with Crippen molar-refractivity contribution in [2.45, 2.75) is 18.8 Å². The number of benzene rings is 1. The summed E-state index contributed by atoms with van der Waals surface area (Å²) in [6.45, 7) is 0. The minimum atomic E-state index is 0.743. The van der Waals surface area contributed by atoms with Gasteiger partial charge < -0.3 is 4.57 Å². The Morgan fingerprint density at radius 3 is 2.60 bits per heavy atom. The summed E-state index contributed by atoms with van der Waals surface area (Å²) in [5.41, 5.74) is 3.81. The lowest BCUT2D eigenvalue weighted by atomic mass is 10.1. The van der Waals surface area contributed by atoms with Gasteiger partial charge in [0.2, 0.25) is 0 Å². The smallest absolute Gasteiger partial charge is 0.0953 e. The second-order valence-corrected chi connectivity index (χ2v) is 4.23. The average Bonchev–Trinajstić information content (AvgIpc) is 3.03. The highest BCUT2D eigenvalue weighted by molar-refractivity contribution is 5.63. The molecule has 1 aliphatic carbocycles. The summed E-state index contributed by atoms with van der Waals surface area (Å²) in [6, 6.07) is 10.5. The van der Waals surface area contributed by atoms with E-state index in [1.54, 1.807) is 0 Å². The third-order valence-corrected chi connectivity index (χ3v) is 2.99. The predicted octanol–water partition coefficient (Wildman–Crippen LogP) is 2.96. The quantitative estimate of drug-likeness (QED) is 0.725. The van der Waals surface area contributed by atoms with Crippen molar-refractivity contribution in [1.29, 1.82) is 0 Å². The molecule has 0 bridgehead atoms. The van der Waals surface area contributed by atoms with Crippen LogP contribution in [-0.4, -0.2) is 9.55 Å². The standard InChI is InChI=1S/C13H14N2/c1-15-9-14-12(13(15)11-7-8-11)10-5-3-2-4-6-10/h2-6,9,11H,7-8H2,1H3. The molecule has 1 fully saturated rings. The van der Waals surface area contributed by atoms with Gasteiger partial charge in [0.15, 0.2) is 0 Å². The van der Waals surface area contributed by atoms with E-state index >= 15 is 0 Å². The highest BCUT2D eigenvalue weighted by Gasteiger charge is 2.29. The molecule has 0 spiro atoms. The van der Waals surface area contributed by atoms with Crippen LogP contribution in [0.25, 0.3) is 11.3 Å². The number of aromatic nitrogens is 2. The fourth-order valence-electron chi connectivity index (χ4n) is 2.10. The maximum atomic E-state index is 4.51. The van der Waals surface area contributed by atoms with Crippen molar-refractivity contribution >= 4 is 0 Å². The molecule has 1 heterocycles. The third-order valence-electron chi connectivity index (χ3n) is 2.99. The van der Waals surface area contributed by atoms with Crippen LogP contribution < -0.4 is 0 Å². The van der Waals surface area contributed by atoms with Crippen LogP contribution in [0, 0.1) is 0 Å². The van der Waals surface area contributed by atoms with Crippen LogP contribution in [-0.2, 0) is 7.05 Å². The van der Waals surface area contributed by atoms with Crippen LogP contribution in [0.4, 0.5) is 0 Å². The van der Waals surface area contributed by atoms with Gasteiger partial charge in [0.05, 0.1) is 12.0 Å². The maximum absolute atomic E-state index is 4.51. The van der Waals surface area contributed by atoms with Gasteiger partial charge in [0, 0.05) is 24.2 Å². The molecule has 3 rings (SSSR count). The zero-order valence-corrected chi connectivity index (χ0v) is 8.85. The van der Waals surface area contributed by atoms with Crippen molar-refractivity contribution in [2.24, 2.45) is 7.05 Å². The first-order valence-corrected chi connectivity index (χ1v) is 5.43. The van der Waals surface area contributed by atoms with Gasteiger partial charge >= 0.3 is 0 Å². The van der Waals surface area contributed by atoms with Crippen molar-refractivity contribution in [2.75, 3.05) is 0 Å². The third kappa shape index (κ3) is 1.46. The average molecular weight is 198 g/mol. The van der Waals surface area contributed by atoms with E-state index in [2.05, 4.69) is 40.9 Å². The first-order chi connectivity index (χ1) is 7.36. The molecule has 0 aliphatic heterocycles. The zero-order valence-electron chi connectivity index (χ0n) is 8.85. The number of imidazole rings is 1. The summed E-state index contributed by atoms with van der Waals surface area (Å²) in [5.74, 6) is 0.743. The zero-order chi connectivity index (χ0) is 10.3. The molecule has 2 nitrogen and oxygen atoms in total. The van der Waals surface area contributed by atoms with E-state index in [1.165, 1.54) is 29.8 Å². The van der Waals surface area contributed by atoms with E-state index in [1.807, 2.05) is 12.4 Å². The minimum absolute atomic E-state index is 0.743. The number of aryl methyl sites for hydroxylation is 1. The molecule has 1 saturated carbocycles. The minimum Gasteiger partial charge on any atom is -0.337 e. The lowest BCUT2D eigenvalue weighted by molar-refractivity contribution is 0.827. The number of hydrogen-bond donors (Lipinski definition) is 0. The SMILES string of the molecule is Cn1cnc(-c2ccccc2)c1C1CC1. The Labute approximate surface area is 89.6 Å². The van der Waals surface area contributed by atoms with E-state index < -0.39 is 0 Å². The molecule has 0 saturated heterocycles. The topological polar surface area (TPSA) is 17.8 Å². The molecule has 2 aromatic rings. The molecule has 76 valence electrons. The van der Waals surface area contributed by atoms with Gasteiger partial charge in [-0.2, -0.15) is 0 Å². The molecule has 0 amide bonds. The van der Waals surface area contributed by atoms with E-state index in [9.17, 15) is 0 Å². The summed E-state index contributed by atoms with van der Waals surface area (Å²) in [6.07, 6.45) is 4.56. The van der Waals surface area contributed by atoms with Crippen molar-refractivity contribution in [3.63, 3.8) is 0 Å². The van der Waals surface area contributed by atoms with E-state index in [4.69, 9.17) is 0 Å². The van der Waals surface area contributed by atoms with Gasteiger partial charge in [0.1, 0.15) is 0 Å². The lowest BCUT2D eigenvalue weighted by Gasteiger charge is -2.03.